The van der Waals surface area contributed by atoms with Gasteiger partial charge in [-0.1, -0.05) is 5.21 Å². The molecule has 24 heavy (non-hydrogen) atoms. The molecule has 0 unspecified atom stereocenters. The first-order valence-corrected chi connectivity index (χ1v) is 8.69. The molecule has 11 heteroatoms. The summed E-state index contributed by atoms with van der Waals surface area (Å²) in [5.41, 5.74) is 0.237. The highest BCUT2D eigenvalue weighted by molar-refractivity contribution is 7.94. The summed E-state index contributed by atoms with van der Waals surface area (Å²) in [5.74, 6) is -1.99. The van der Waals surface area contributed by atoms with E-state index in [-0.39, 0.29) is 24.4 Å². The molecule has 1 aromatic heterocycles. The van der Waals surface area contributed by atoms with Gasteiger partial charge in [-0.15, -0.1) is 5.10 Å². The molecule has 2 N–H and O–H groups in total. The Kier molecular flexibility index (Phi) is 3.53. The number of nitrogens with zero attached hydrogens (tertiary/aromatic N) is 4. The summed E-state index contributed by atoms with van der Waals surface area (Å²) < 4.78 is 25.1. The van der Waals surface area contributed by atoms with Crippen molar-refractivity contribution in [2.75, 3.05) is 6.61 Å². The first-order chi connectivity index (χ1) is 11.1. The fourth-order valence-electron chi connectivity index (χ4n) is 3.09. The van der Waals surface area contributed by atoms with Crippen molar-refractivity contribution in [3.05, 3.63) is 17.5 Å². The Hall–Kier alpha value is -2.27. The minimum absolute atomic E-state index is 0.0251. The standard InChI is InChI=1S/C13H16N4O6S/c1-13(2)9(12(20)21)17-10(19)8(11(17)24(13,22)23)5-7-6-16(3-4-18)15-14-7/h5-6,9,11,18H,3-4H2,1-2H3,(H,20,21)/b8-5-/t9-,11+/m0/s1. The van der Waals surface area contributed by atoms with E-state index < -0.39 is 37.9 Å². The highest BCUT2D eigenvalue weighted by Crippen LogP contribution is 2.48. The number of β-lactam (4-membered cyclic amide) rings is 1. The summed E-state index contributed by atoms with van der Waals surface area (Å²) in [4.78, 5) is 24.6. The topological polar surface area (TPSA) is 143 Å². The first-order valence-electron chi connectivity index (χ1n) is 7.14. The van der Waals surface area contributed by atoms with Crippen LogP contribution in [0.3, 0.4) is 0 Å². The molecule has 2 aliphatic rings. The van der Waals surface area contributed by atoms with Gasteiger partial charge in [0.2, 0.25) is 0 Å². The third-order valence-corrected chi connectivity index (χ3v) is 7.15. The predicted molar refractivity (Wildman–Crippen MR) is 80.1 cm³/mol. The van der Waals surface area contributed by atoms with E-state index in [1.165, 1.54) is 30.8 Å². The summed E-state index contributed by atoms with van der Waals surface area (Å²) in [6, 6.07) is -1.43. The van der Waals surface area contributed by atoms with E-state index in [4.69, 9.17) is 5.11 Å². The molecular formula is C13H16N4O6S. The van der Waals surface area contributed by atoms with Gasteiger partial charge in [-0.05, 0) is 19.9 Å². The van der Waals surface area contributed by atoms with E-state index in [9.17, 15) is 23.1 Å². The number of aliphatic hydroxyl groups excluding tert-OH is 1. The van der Waals surface area contributed by atoms with Crippen molar-refractivity contribution in [3.8, 4) is 0 Å². The van der Waals surface area contributed by atoms with Crippen molar-refractivity contribution in [1.82, 2.24) is 19.9 Å². The SMILES string of the molecule is CC1(C)[C@H](C(=O)O)N2C(=O)/C(=C/c3cn(CCO)nn3)[C@H]2S1(=O)=O. The van der Waals surface area contributed by atoms with Crippen LogP contribution in [0.1, 0.15) is 19.5 Å². The van der Waals surface area contributed by atoms with E-state index in [0.29, 0.717) is 0 Å². The van der Waals surface area contributed by atoms with Gasteiger partial charge in [0.25, 0.3) is 5.91 Å². The molecule has 2 fully saturated rings. The van der Waals surface area contributed by atoms with Crippen LogP contribution in [-0.2, 0) is 26.0 Å². The van der Waals surface area contributed by atoms with E-state index in [0.717, 1.165) is 4.90 Å². The van der Waals surface area contributed by atoms with Crippen molar-refractivity contribution >= 4 is 27.8 Å². The van der Waals surface area contributed by atoms with Crippen LogP contribution in [-0.4, -0.2) is 73.2 Å². The molecule has 0 aliphatic carbocycles. The number of amides is 1. The lowest BCUT2D eigenvalue weighted by Crippen LogP contribution is -2.58. The molecule has 0 aromatic carbocycles. The van der Waals surface area contributed by atoms with Gasteiger partial charge in [0.05, 0.1) is 24.9 Å². The summed E-state index contributed by atoms with van der Waals surface area (Å²) in [6.07, 6.45) is 2.75. The average Bonchev–Trinajstić information content (AvgIpc) is 2.96. The third kappa shape index (κ3) is 2.01. The number of hydrogen-bond donors (Lipinski definition) is 2. The van der Waals surface area contributed by atoms with Crippen LogP contribution in [0.25, 0.3) is 6.08 Å². The highest BCUT2D eigenvalue weighted by atomic mass is 32.2. The van der Waals surface area contributed by atoms with Gasteiger partial charge in [-0.3, -0.25) is 4.79 Å². The zero-order valence-electron chi connectivity index (χ0n) is 12.9. The lowest BCUT2D eigenvalue weighted by molar-refractivity contribution is -0.152. The van der Waals surface area contributed by atoms with Crippen LogP contribution in [0.2, 0.25) is 0 Å². The number of hydrogen-bond acceptors (Lipinski definition) is 7. The van der Waals surface area contributed by atoms with Gasteiger partial charge < -0.3 is 15.1 Å². The quantitative estimate of drug-likeness (QED) is 0.489. The van der Waals surface area contributed by atoms with Crippen LogP contribution < -0.4 is 0 Å². The van der Waals surface area contributed by atoms with E-state index in [1.807, 2.05) is 0 Å². The Morgan fingerprint density at radius 1 is 1.46 bits per heavy atom. The van der Waals surface area contributed by atoms with Crippen molar-refractivity contribution in [2.24, 2.45) is 0 Å². The highest BCUT2D eigenvalue weighted by Gasteiger charge is 2.70. The Bertz CT molecular complexity index is 856. The average molecular weight is 356 g/mol. The number of aliphatic carboxylic acids is 1. The molecule has 10 nitrogen and oxygen atoms in total. The fourth-order valence-corrected chi connectivity index (χ4v) is 5.21. The van der Waals surface area contributed by atoms with Gasteiger partial charge in [0.1, 0.15) is 10.4 Å². The number of carboxylic acid groups (broad SMARTS) is 1. The van der Waals surface area contributed by atoms with Crippen LogP contribution in [0, 0.1) is 0 Å². The van der Waals surface area contributed by atoms with E-state index in [2.05, 4.69) is 10.3 Å². The molecule has 0 spiro atoms. The summed E-state index contributed by atoms with van der Waals surface area (Å²) in [6.45, 7) is 2.69. The summed E-state index contributed by atoms with van der Waals surface area (Å²) >= 11 is 0. The molecule has 2 aliphatic heterocycles. The number of sulfone groups is 1. The zero-order valence-corrected chi connectivity index (χ0v) is 13.8. The summed E-state index contributed by atoms with van der Waals surface area (Å²) in [7, 11) is -3.90. The molecular weight excluding hydrogens is 340 g/mol. The predicted octanol–water partition coefficient (Wildman–Crippen LogP) is -1.52. The third-order valence-electron chi connectivity index (χ3n) is 4.39. The first kappa shape index (κ1) is 16.6. The lowest BCUT2D eigenvalue weighted by Gasteiger charge is -2.37. The zero-order chi connectivity index (χ0) is 17.9. The maximum absolute atomic E-state index is 12.7. The number of fused-ring (bicyclic) bond motifs is 1. The van der Waals surface area contributed by atoms with Crippen LogP contribution in [0.4, 0.5) is 0 Å². The van der Waals surface area contributed by atoms with Crippen LogP contribution in [0.5, 0.6) is 0 Å². The molecule has 2 atom stereocenters. The van der Waals surface area contributed by atoms with Gasteiger partial charge >= 0.3 is 5.97 Å². The maximum Gasteiger partial charge on any atom is 0.328 e. The fraction of sp³-hybridized carbons (Fsp3) is 0.538. The van der Waals surface area contributed by atoms with Crippen molar-refractivity contribution in [2.45, 2.75) is 36.6 Å². The van der Waals surface area contributed by atoms with Crippen molar-refractivity contribution < 1.29 is 28.2 Å². The number of carbonyl (C=O) groups excluding carboxylic acids is 1. The van der Waals surface area contributed by atoms with Gasteiger partial charge in [0.15, 0.2) is 21.3 Å². The lowest BCUT2D eigenvalue weighted by atomic mass is 9.95. The number of rotatable bonds is 4. The Morgan fingerprint density at radius 3 is 2.71 bits per heavy atom. The maximum atomic E-state index is 12.7. The second-order valence-electron chi connectivity index (χ2n) is 6.18. The normalized spacial score (nSPS) is 28.7. The smallest absolute Gasteiger partial charge is 0.328 e. The molecule has 1 amide bonds. The molecule has 1 aromatic rings. The number of aliphatic hydroxyl groups is 1. The molecule has 0 saturated carbocycles. The molecule has 130 valence electrons. The summed E-state index contributed by atoms with van der Waals surface area (Å²) in [5, 5.41) is 24.4. The van der Waals surface area contributed by atoms with Crippen LogP contribution >= 0.6 is 0 Å². The van der Waals surface area contributed by atoms with E-state index >= 15 is 0 Å². The second-order valence-corrected chi connectivity index (χ2v) is 8.77. The second kappa shape index (κ2) is 5.11. The molecule has 0 bridgehead atoms. The minimum atomic E-state index is -3.90. The Labute approximate surface area is 137 Å². The van der Waals surface area contributed by atoms with Gasteiger partial charge in [0, 0.05) is 0 Å². The van der Waals surface area contributed by atoms with Crippen molar-refractivity contribution in [1.29, 1.82) is 0 Å². The van der Waals surface area contributed by atoms with Gasteiger partial charge in [-0.2, -0.15) is 0 Å². The largest absolute Gasteiger partial charge is 0.480 e. The van der Waals surface area contributed by atoms with Crippen molar-refractivity contribution in [3.63, 3.8) is 0 Å². The molecule has 2 saturated heterocycles. The number of carbonyl (C=O) groups is 2. The van der Waals surface area contributed by atoms with Crippen LogP contribution in [0.15, 0.2) is 11.8 Å². The minimum Gasteiger partial charge on any atom is -0.480 e. The Balaban J connectivity index is 2.01. The van der Waals surface area contributed by atoms with Gasteiger partial charge in [-0.25, -0.2) is 17.9 Å². The molecule has 0 radical (unpaired) electrons. The molecule has 3 heterocycles. The Morgan fingerprint density at radius 2 is 2.12 bits per heavy atom. The number of aromatic nitrogens is 3. The molecule has 3 rings (SSSR count). The van der Waals surface area contributed by atoms with E-state index in [1.54, 1.807) is 0 Å². The number of carboxylic acids is 1. The monoisotopic (exact) mass is 356 g/mol.